The molecule has 4 N–H and O–H groups in total. The molecule has 0 spiro atoms. The second-order valence-corrected chi connectivity index (χ2v) is 12.3. The Balaban J connectivity index is 2.26. The van der Waals surface area contributed by atoms with Crippen LogP contribution in [0.4, 0.5) is 22.8 Å². The van der Waals surface area contributed by atoms with Crippen LogP contribution in [-0.2, 0) is 32.2 Å². The monoisotopic (exact) mass is 646 g/mol. The molecule has 0 fully saturated rings. The molecule has 1 heterocycles. The third-order valence-corrected chi connectivity index (χ3v) is 5.93. The number of ether oxygens (including phenoxy) is 3. The molecule has 254 valence electrons. The van der Waals surface area contributed by atoms with Crippen LogP contribution in [0.5, 0.6) is 5.75 Å². The van der Waals surface area contributed by atoms with Crippen LogP contribution in [0.15, 0.2) is 23.2 Å². The van der Waals surface area contributed by atoms with E-state index >= 15 is 0 Å². The molecule has 0 saturated carbocycles. The van der Waals surface area contributed by atoms with Gasteiger partial charge < -0.3 is 39.5 Å². The second-order valence-electron chi connectivity index (χ2n) is 12.3. The molecular weight excluding hydrogens is 601 g/mol. The lowest BCUT2D eigenvalue weighted by molar-refractivity contribution is -0.169. The van der Waals surface area contributed by atoms with Gasteiger partial charge >= 0.3 is 24.3 Å². The third kappa shape index (κ3) is 14.2. The summed E-state index contributed by atoms with van der Waals surface area (Å²) in [4.78, 5) is 47.5. The summed E-state index contributed by atoms with van der Waals surface area (Å²) in [5, 5.41) is 5.24. The standard InChI is InChI=1S/C29H45F3N6O7/c1-27(2,3)44-25(40)34-11-7-13-37(14-8-12-35-26(41)45-28(4,5)6)24(36-23(39)29(30,31)32)38-18-20-9-10-22(17-21(20)19-38)42-15-16-43-33/h9-10,17H,7-8,11-16,18-19,33H2,1-6H3,(H,34,40)(H,35,41)/b36-24-. The van der Waals surface area contributed by atoms with Gasteiger partial charge in [0.25, 0.3) is 0 Å². The van der Waals surface area contributed by atoms with Crippen molar-refractivity contribution in [3.63, 3.8) is 0 Å². The van der Waals surface area contributed by atoms with Crippen molar-refractivity contribution < 1.29 is 46.6 Å². The Hall–Kier alpha value is -3.79. The van der Waals surface area contributed by atoms with Crippen LogP contribution < -0.4 is 21.3 Å². The number of guanidine groups is 1. The van der Waals surface area contributed by atoms with Crippen molar-refractivity contribution in [1.82, 2.24) is 20.4 Å². The number of benzene rings is 1. The minimum atomic E-state index is -5.19. The van der Waals surface area contributed by atoms with E-state index < -0.39 is 35.5 Å². The number of alkyl carbamates (subject to hydrolysis) is 2. The normalized spacial score (nSPS) is 13.6. The van der Waals surface area contributed by atoms with Gasteiger partial charge in [0.05, 0.1) is 0 Å². The van der Waals surface area contributed by atoms with Gasteiger partial charge in [-0.15, -0.1) is 0 Å². The van der Waals surface area contributed by atoms with Crippen LogP contribution in [0.3, 0.4) is 0 Å². The summed E-state index contributed by atoms with van der Waals surface area (Å²) in [6, 6.07) is 5.27. The fraction of sp³-hybridized carbons (Fsp3) is 0.655. The molecule has 0 aromatic heterocycles. The zero-order chi connectivity index (χ0) is 33.8. The Morgan fingerprint density at radius 2 is 1.42 bits per heavy atom. The van der Waals surface area contributed by atoms with Gasteiger partial charge in [0.2, 0.25) is 5.96 Å². The third-order valence-electron chi connectivity index (χ3n) is 5.93. The Morgan fingerprint density at radius 3 is 1.91 bits per heavy atom. The molecular formula is C29H45F3N6O7. The molecule has 13 nitrogen and oxygen atoms in total. The molecule has 0 unspecified atom stereocenters. The van der Waals surface area contributed by atoms with Gasteiger partial charge in [0.15, 0.2) is 0 Å². The van der Waals surface area contributed by atoms with Crippen molar-refractivity contribution in [3.8, 4) is 5.75 Å². The smallest absolute Gasteiger partial charge is 0.473 e. The number of carbonyl (C=O) groups excluding carboxylic acids is 3. The summed E-state index contributed by atoms with van der Waals surface area (Å²) < 4.78 is 56.4. The van der Waals surface area contributed by atoms with E-state index in [0.717, 1.165) is 11.1 Å². The molecule has 0 atom stereocenters. The highest BCUT2D eigenvalue weighted by Gasteiger charge is 2.40. The topological polar surface area (TPSA) is 157 Å². The SMILES string of the molecule is CC(C)(C)OC(=O)NCCCN(CCCNC(=O)OC(C)(C)C)/C(=N/C(=O)C(F)(F)F)N1Cc2ccc(OCCON)cc2C1. The van der Waals surface area contributed by atoms with Crippen LogP contribution >= 0.6 is 0 Å². The number of nitrogens with two attached hydrogens (primary N) is 1. The fourth-order valence-corrected chi connectivity index (χ4v) is 4.17. The number of nitrogens with one attached hydrogen (secondary N) is 2. The van der Waals surface area contributed by atoms with Gasteiger partial charge in [-0.1, -0.05) is 6.07 Å². The van der Waals surface area contributed by atoms with Crippen LogP contribution in [0, 0.1) is 0 Å². The first kappa shape index (κ1) is 37.4. The minimum Gasteiger partial charge on any atom is -0.491 e. The molecule has 16 heteroatoms. The van der Waals surface area contributed by atoms with Gasteiger partial charge in [0.1, 0.15) is 30.2 Å². The molecule has 0 radical (unpaired) electrons. The largest absolute Gasteiger partial charge is 0.491 e. The van der Waals surface area contributed by atoms with Crippen LogP contribution in [0.1, 0.15) is 65.5 Å². The van der Waals surface area contributed by atoms with E-state index in [1.807, 2.05) is 0 Å². The first-order valence-electron chi connectivity index (χ1n) is 14.6. The summed E-state index contributed by atoms with van der Waals surface area (Å²) in [6.45, 7) is 11.6. The summed E-state index contributed by atoms with van der Waals surface area (Å²) in [7, 11) is 0. The summed E-state index contributed by atoms with van der Waals surface area (Å²) in [5.41, 5.74) is 0.195. The maximum atomic E-state index is 13.4. The van der Waals surface area contributed by atoms with Gasteiger partial charge in [0, 0.05) is 39.3 Å². The molecule has 0 saturated heterocycles. The van der Waals surface area contributed by atoms with Gasteiger partial charge in [-0.05, 0) is 77.6 Å². The van der Waals surface area contributed by atoms with Gasteiger partial charge in [-0.2, -0.15) is 18.2 Å². The first-order valence-corrected chi connectivity index (χ1v) is 14.6. The molecule has 0 aliphatic carbocycles. The number of hydrogen-bond donors (Lipinski definition) is 3. The number of carbonyl (C=O) groups is 3. The minimum absolute atomic E-state index is 0.131. The van der Waals surface area contributed by atoms with E-state index in [1.165, 1.54) is 0 Å². The number of alkyl halides is 3. The molecule has 45 heavy (non-hydrogen) atoms. The Bertz CT molecular complexity index is 1150. The Kier molecular flexibility index (Phi) is 13.7. The molecule has 1 aliphatic rings. The highest BCUT2D eigenvalue weighted by atomic mass is 19.4. The van der Waals surface area contributed by atoms with Crippen LogP contribution in [0.2, 0.25) is 0 Å². The summed E-state index contributed by atoms with van der Waals surface area (Å²) in [6.07, 6.45) is -5.88. The van der Waals surface area contributed by atoms with Crippen molar-refractivity contribution >= 4 is 24.1 Å². The first-order chi connectivity index (χ1) is 20.9. The van der Waals surface area contributed by atoms with Crippen molar-refractivity contribution in [2.24, 2.45) is 10.9 Å². The molecule has 1 aliphatic heterocycles. The van der Waals surface area contributed by atoms with Crippen LogP contribution in [-0.4, -0.2) is 90.6 Å². The average molecular weight is 647 g/mol. The van der Waals surface area contributed by atoms with Crippen molar-refractivity contribution in [2.45, 2.75) is 84.9 Å². The number of halogens is 3. The zero-order valence-electron chi connectivity index (χ0n) is 26.7. The van der Waals surface area contributed by atoms with E-state index in [-0.39, 0.29) is 58.4 Å². The van der Waals surface area contributed by atoms with E-state index in [4.69, 9.17) is 20.1 Å². The zero-order valence-corrected chi connectivity index (χ0v) is 26.7. The van der Waals surface area contributed by atoms with Crippen molar-refractivity contribution in [3.05, 3.63) is 29.3 Å². The number of aliphatic imine (C=N–C) groups is 1. The fourth-order valence-electron chi connectivity index (χ4n) is 4.17. The maximum Gasteiger partial charge on any atom is 0.473 e. The lowest BCUT2D eigenvalue weighted by Crippen LogP contribution is -2.45. The number of nitrogens with zero attached hydrogens (tertiary/aromatic N) is 3. The van der Waals surface area contributed by atoms with E-state index in [0.29, 0.717) is 18.6 Å². The number of fused-ring (bicyclic) bond motifs is 1. The number of rotatable bonds is 12. The highest BCUT2D eigenvalue weighted by Crippen LogP contribution is 2.28. The van der Waals surface area contributed by atoms with Crippen molar-refractivity contribution in [2.75, 3.05) is 39.4 Å². The molecule has 1 aromatic rings. The predicted octanol–water partition coefficient (Wildman–Crippen LogP) is 3.85. The Labute approximate surface area is 261 Å². The quantitative estimate of drug-likeness (QED) is 0.132. The van der Waals surface area contributed by atoms with Gasteiger partial charge in [-0.3, -0.25) is 4.79 Å². The predicted molar refractivity (Wildman–Crippen MR) is 159 cm³/mol. The lowest BCUT2D eigenvalue weighted by atomic mass is 10.1. The second kappa shape index (κ2) is 16.5. The van der Waals surface area contributed by atoms with Crippen molar-refractivity contribution in [1.29, 1.82) is 0 Å². The lowest BCUT2D eigenvalue weighted by Gasteiger charge is -2.32. The van der Waals surface area contributed by atoms with Crippen LogP contribution in [0.25, 0.3) is 0 Å². The summed E-state index contributed by atoms with van der Waals surface area (Å²) in [5.74, 6) is 3.13. The molecule has 1 aromatic carbocycles. The highest BCUT2D eigenvalue weighted by molar-refractivity contribution is 5.96. The van der Waals surface area contributed by atoms with E-state index in [2.05, 4.69) is 20.5 Å². The molecule has 3 amide bonds. The van der Waals surface area contributed by atoms with E-state index in [9.17, 15) is 27.6 Å². The molecule has 2 rings (SSSR count). The van der Waals surface area contributed by atoms with E-state index in [1.54, 1.807) is 69.5 Å². The number of hydrogen-bond acceptors (Lipinski definition) is 8. The number of amides is 3. The Morgan fingerprint density at radius 1 is 0.889 bits per heavy atom. The average Bonchev–Trinajstić information content (AvgIpc) is 3.31. The molecule has 0 bridgehead atoms. The summed E-state index contributed by atoms with van der Waals surface area (Å²) >= 11 is 0. The van der Waals surface area contributed by atoms with Gasteiger partial charge in [-0.25, -0.2) is 15.5 Å². The maximum absolute atomic E-state index is 13.4.